The average molecular weight is 399 g/mol. The molecule has 0 radical (unpaired) electrons. The van der Waals surface area contributed by atoms with Crippen LogP contribution in [0.1, 0.15) is 22.0 Å². The van der Waals surface area contributed by atoms with E-state index in [1.54, 1.807) is 17.5 Å². The Kier molecular flexibility index (Phi) is 4.32. The van der Waals surface area contributed by atoms with Crippen LogP contribution in [0, 0.1) is 2.88 Å². The fourth-order valence-corrected chi connectivity index (χ4v) is 3.73. The fraction of sp³-hybridized carbons (Fsp3) is 0.286. The lowest BCUT2D eigenvalue weighted by Gasteiger charge is -2.36. The summed E-state index contributed by atoms with van der Waals surface area (Å²) in [6.07, 6.45) is 3.60. The Bertz CT molecular complexity index is 601. The molecule has 0 aromatic carbocycles. The molecular weight excluding hydrogens is 385 g/mol. The van der Waals surface area contributed by atoms with Crippen molar-refractivity contribution in [3.8, 4) is 0 Å². The van der Waals surface area contributed by atoms with Crippen molar-refractivity contribution in [2.24, 2.45) is 0 Å². The number of hydrogen-bond acceptors (Lipinski definition) is 4. The number of nitrogens with one attached hydrogen (secondary N) is 1. The van der Waals surface area contributed by atoms with Gasteiger partial charge in [-0.15, -0.1) is 11.3 Å². The van der Waals surface area contributed by atoms with Gasteiger partial charge in [0.1, 0.15) is 0 Å². The first-order chi connectivity index (χ1) is 9.75. The van der Waals surface area contributed by atoms with Crippen LogP contribution < -0.4 is 5.32 Å². The van der Waals surface area contributed by atoms with Crippen LogP contribution >= 0.6 is 33.9 Å². The Labute approximate surface area is 135 Å². The summed E-state index contributed by atoms with van der Waals surface area (Å²) in [6.45, 7) is 2.34. The summed E-state index contributed by atoms with van der Waals surface area (Å²) >= 11 is 3.85. The number of rotatable bonds is 2. The Morgan fingerprint density at radius 2 is 2.45 bits per heavy atom. The zero-order valence-corrected chi connectivity index (χ0v) is 13.7. The SMILES string of the molecule is O=C(c1csc(I)c1)N1CCNCC1c1cccnc1. The summed E-state index contributed by atoms with van der Waals surface area (Å²) in [5.74, 6) is 0.111. The monoisotopic (exact) mass is 399 g/mol. The van der Waals surface area contributed by atoms with E-state index in [2.05, 4.69) is 32.9 Å². The molecule has 1 unspecified atom stereocenters. The molecule has 1 fully saturated rings. The van der Waals surface area contributed by atoms with Crippen molar-refractivity contribution in [3.63, 3.8) is 0 Å². The van der Waals surface area contributed by atoms with Crippen LogP contribution in [-0.2, 0) is 0 Å². The number of amides is 1. The molecule has 2 aromatic heterocycles. The summed E-state index contributed by atoms with van der Waals surface area (Å²) < 4.78 is 1.14. The van der Waals surface area contributed by atoms with Crippen molar-refractivity contribution in [1.82, 2.24) is 15.2 Å². The molecule has 3 rings (SSSR count). The van der Waals surface area contributed by atoms with Gasteiger partial charge in [-0.05, 0) is 40.3 Å². The maximum atomic E-state index is 12.7. The molecule has 1 aliphatic rings. The normalized spacial score (nSPS) is 19.1. The lowest BCUT2D eigenvalue weighted by atomic mass is 10.0. The van der Waals surface area contributed by atoms with Crippen LogP contribution in [0.5, 0.6) is 0 Å². The second-order valence-electron chi connectivity index (χ2n) is 4.64. The summed E-state index contributed by atoms with van der Waals surface area (Å²) in [7, 11) is 0. The van der Waals surface area contributed by atoms with Gasteiger partial charge >= 0.3 is 0 Å². The Hall–Kier alpha value is -0.990. The maximum Gasteiger partial charge on any atom is 0.255 e. The number of thiophene rings is 1. The molecule has 0 saturated carbocycles. The van der Waals surface area contributed by atoms with Gasteiger partial charge in [-0.2, -0.15) is 0 Å². The van der Waals surface area contributed by atoms with Crippen LogP contribution in [0.4, 0.5) is 0 Å². The number of hydrogen-bond donors (Lipinski definition) is 1. The van der Waals surface area contributed by atoms with E-state index in [-0.39, 0.29) is 11.9 Å². The average Bonchev–Trinajstić information content (AvgIpc) is 2.94. The fourth-order valence-electron chi connectivity index (χ4n) is 2.41. The van der Waals surface area contributed by atoms with Gasteiger partial charge in [0.25, 0.3) is 5.91 Å². The molecule has 2 aromatic rings. The second kappa shape index (κ2) is 6.19. The first kappa shape index (κ1) is 14.0. The third kappa shape index (κ3) is 2.87. The minimum absolute atomic E-state index is 0.0579. The number of carbonyl (C=O) groups is 1. The highest BCUT2D eigenvalue weighted by Crippen LogP contribution is 2.25. The third-order valence-corrected chi connectivity index (χ3v) is 5.18. The van der Waals surface area contributed by atoms with E-state index in [4.69, 9.17) is 0 Å². The molecule has 1 N–H and O–H groups in total. The van der Waals surface area contributed by atoms with Gasteiger partial charge in [0.2, 0.25) is 0 Å². The van der Waals surface area contributed by atoms with Gasteiger partial charge in [0, 0.05) is 37.4 Å². The lowest BCUT2D eigenvalue weighted by Crippen LogP contribution is -2.48. The van der Waals surface area contributed by atoms with Gasteiger partial charge in [0.05, 0.1) is 14.5 Å². The molecule has 3 heterocycles. The number of carbonyl (C=O) groups excluding carboxylic acids is 1. The molecule has 1 amide bonds. The van der Waals surface area contributed by atoms with Crippen LogP contribution in [0.15, 0.2) is 36.0 Å². The Morgan fingerprint density at radius 1 is 1.55 bits per heavy atom. The highest BCUT2D eigenvalue weighted by molar-refractivity contribution is 14.1. The topological polar surface area (TPSA) is 45.2 Å². The van der Waals surface area contributed by atoms with Crippen molar-refractivity contribution >= 4 is 39.8 Å². The lowest BCUT2D eigenvalue weighted by molar-refractivity contribution is 0.0634. The van der Waals surface area contributed by atoms with Gasteiger partial charge in [-0.3, -0.25) is 9.78 Å². The van der Waals surface area contributed by atoms with Crippen molar-refractivity contribution in [1.29, 1.82) is 0 Å². The number of piperazine rings is 1. The molecule has 6 heteroatoms. The smallest absolute Gasteiger partial charge is 0.255 e. The highest BCUT2D eigenvalue weighted by Gasteiger charge is 2.29. The molecule has 1 aliphatic heterocycles. The van der Waals surface area contributed by atoms with E-state index in [1.807, 2.05) is 34.7 Å². The molecule has 0 aliphatic carbocycles. The van der Waals surface area contributed by atoms with Crippen LogP contribution in [0.2, 0.25) is 0 Å². The van der Waals surface area contributed by atoms with Gasteiger partial charge in [0.15, 0.2) is 0 Å². The van der Waals surface area contributed by atoms with Crippen molar-refractivity contribution < 1.29 is 4.79 Å². The molecule has 1 atom stereocenters. The number of pyridine rings is 1. The summed E-state index contributed by atoms with van der Waals surface area (Å²) in [5, 5.41) is 5.29. The van der Waals surface area contributed by atoms with E-state index in [0.29, 0.717) is 0 Å². The Balaban J connectivity index is 1.87. The highest BCUT2D eigenvalue weighted by atomic mass is 127. The van der Waals surface area contributed by atoms with Crippen molar-refractivity contribution in [2.45, 2.75) is 6.04 Å². The Morgan fingerprint density at radius 3 is 3.15 bits per heavy atom. The van der Waals surface area contributed by atoms with E-state index < -0.39 is 0 Å². The second-order valence-corrected chi connectivity index (χ2v) is 7.45. The van der Waals surface area contributed by atoms with Crippen LogP contribution in [0.3, 0.4) is 0 Å². The predicted molar refractivity (Wildman–Crippen MR) is 87.9 cm³/mol. The summed E-state index contributed by atoms with van der Waals surface area (Å²) in [4.78, 5) is 18.8. The summed E-state index contributed by atoms with van der Waals surface area (Å²) in [6, 6.07) is 5.96. The minimum Gasteiger partial charge on any atom is -0.329 e. The minimum atomic E-state index is 0.0579. The zero-order valence-electron chi connectivity index (χ0n) is 10.8. The van der Waals surface area contributed by atoms with Crippen molar-refractivity contribution in [3.05, 3.63) is 50.0 Å². The van der Waals surface area contributed by atoms with E-state index in [9.17, 15) is 4.79 Å². The number of halogens is 1. The number of aromatic nitrogens is 1. The first-order valence-corrected chi connectivity index (χ1v) is 8.37. The first-order valence-electron chi connectivity index (χ1n) is 6.41. The quantitative estimate of drug-likeness (QED) is 0.790. The van der Waals surface area contributed by atoms with Gasteiger partial charge < -0.3 is 10.2 Å². The molecule has 4 nitrogen and oxygen atoms in total. The van der Waals surface area contributed by atoms with Crippen LogP contribution in [0.25, 0.3) is 0 Å². The van der Waals surface area contributed by atoms with Gasteiger partial charge in [-0.1, -0.05) is 6.07 Å². The standard InChI is InChI=1S/C14H14IN3OS/c15-13-6-11(9-20-13)14(19)18-5-4-17-8-12(18)10-2-1-3-16-7-10/h1-3,6-7,9,12,17H,4-5,8H2. The molecule has 1 saturated heterocycles. The zero-order chi connectivity index (χ0) is 13.9. The molecular formula is C14H14IN3OS. The third-order valence-electron chi connectivity index (χ3n) is 3.39. The van der Waals surface area contributed by atoms with E-state index in [0.717, 1.165) is 33.6 Å². The van der Waals surface area contributed by atoms with Crippen molar-refractivity contribution in [2.75, 3.05) is 19.6 Å². The molecule has 0 bridgehead atoms. The largest absolute Gasteiger partial charge is 0.329 e. The van der Waals surface area contributed by atoms with Crippen LogP contribution in [-0.4, -0.2) is 35.4 Å². The summed E-state index contributed by atoms with van der Waals surface area (Å²) in [5.41, 5.74) is 1.87. The van der Waals surface area contributed by atoms with Gasteiger partial charge in [-0.25, -0.2) is 0 Å². The molecule has 0 spiro atoms. The van der Waals surface area contributed by atoms with E-state index in [1.165, 1.54) is 0 Å². The molecule has 104 valence electrons. The number of nitrogens with zero attached hydrogens (tertiary/aromatic N) is 2. The maximum absolute atomic E-state index is 12.7. The molecule has 20 heavy (non-hydrogen) atoms. The van der Waals surface area contributed by atoms with E-state index >= 15 is 0 Å². The predicted octanol–water partition coefficient (Wildman–Crippen LogP) is 2.53.